The molecule has 1 fully saturated rings. The fraction of sp³-hybridized carbons (Fsp3) is 0.467. The molecule has 1 N–H and O–H groups in total. The van der Waals surface area contributed by atoms with Crippen molar-refractivity contribution in [3.8, 4) is 11.5 Å². The maximum absolute atomic E-state index is 12.4. The number of carbonyl (C=O) groups is 2. The van der Waals surface area contributed by atoms with Crippen LogP contribution in [-0.2, 0) is 4.79 Å². The molecule has 0 bridgehead atoms. The van der Waals surface area contributed by atoms with E-state index in [-0.39, 0.29) is 11.8 Å². The van der Waals surface area contributed by atoms with E-state index in [2.05, 4.69) is 0 Å². The van der Waals surface area contributed by atoms with Crippen LogP contribution < -0.4 is 9.47 Å². The molecule has 0 atom stereocenters. The fourth-order valence-electron chi connectivity index (χ4n) is 2.48. The van der Waals surface area contributed by atoms with E-state index in [1.807, 2.05) is 0 Å². The Hall–Kier alpha value is -2.24. The van der Waals surface area contributed by atoms with Gasteiger partial charge in [0.15, 0.2) is 11.5 Å². The summed E-state index contributed by atoms with van der Waals surface area (Å²) in [6, 6.07) is 5.02. The lowest BCUT2D eigenvalue weighted by Crippen LogP contribution is -2.40. The van der Waals surface area contributed by atoms with Crippen molar-refractivity contribution in [2.75, 3.05) is 27.3 Å². The summed E-state index contributed by atoms with van der Waals surface area (Å²) in [5.41, 5.74) is 0.515. The Morgan fingerprint density at radius 1 is 1.14 bits per heavy atom. The Balaban J connectivity index is 2.09. The first-order valence-electron chi connectivity index (χ1n) is 6.81. The van der Waals surface area contributed by atoms with E-state index in [9.17, 15) is 9.59 Å². The molecule has 2 rings (SSSR count). The van der Waals surface area contributed by atoms with E-state index in [0.29, 0.717) is 43.0 Å². The third-order valence-electron chi connectivity index (χ3n) is 3.76. The van der Waals surface area contributed by atoms with E-state index >= 15 is 0 Å². The summed E-state index contributed by atoms with van der Waals surface area (Å²) in [5, 5.41) is 8.97. The molecule has 1 aromatic carbocycles. The molecule has 0 radical (unpaired) electrons. The molecule has 1 aliphatic heterocycles. The Kier molecular flexibility index (Phi) is 4.67. The fourth-order valence-corrected chi connectivity index (χ4v) is 2.48. The molecule has 1 saturated heterocycles. The van der Waals surface area contributed by atoms with Crippen LogP contribution in [0.15, 0.2) is 18.2 Å². The van der Waals surface area contributed by atoms with Gasteiger partial charge in [0, 0.05) is 18.7 Å². The smallest absolute Gasteiger partial charge is 0.306 e. The predicted octanol–water partition coefficient (Wildman–Crippen LogP) is 1.64. The highest BCUT2D eigenvalue weighted by Gasteiger charge is 2.27. The van der Waals surface area contributed by atoms with Crippen LogP contribution in [0.25, 0.3) is 0 Å². The number of aliphatic carboxylic acids is 1. The molecule has 1 aliphatic rings. The van der Waals surface area contributed by atoms with Gasteiger partial charge in [-0.1, -0.05) is 0 Å². The monoisotopic (exact) mass is 293 g/mol. The van der Waals surface area contributed by atoms with Gasteiger partial charge in [0.05, 0.1) is 20.1 Å². The molecule has 1 heterocycles. The highest BCUT2D eigenvalue weighted by atomic mass is 16.5. The number of likely N-dealkylation sites (tertiary alicyclic amines) is 1. The summed E-state index contributed by atoms with van der Waals surface area (Å²) in [5.74, 6) is -0.171. The third-order valence-corrected chi connectivity index (χ3v) is 3.76. The summed E-state index contributed by atoms with van der Waals surface area (Å²) in [4.78, 5) is 25.0. The lowest BCUT2D eigenvalue weighted by atomic mass is 9.96. The summed E-state index contributed by atoms with van der Waals surface area (Å²) >= 11 is 0. The molecule has 114 valence electrons. The number of hydrogen-bond acceptors (Lipinski definition) is 4. The minimum absolute atomic E-state index is 0.111. The normalized spacial score (nSPS) is 15.6. The second kappa shape index (κ2) is 6.47. The quantitative estimate of drug-likeness (QED) is 0.913. The number of carboxylic acid groups (broad SMARTS) is 1. The Bertz CT molecular complexity index is 535. The minimum atomic E-state index is -0.784. The van der Waals surface area contributed by atoms with Crippen LogP contribution in [-0.4, -0.2) is 49.2 Å². The van der Waals surface area contributed by atoms with Gasteiger partial charge in [-0.2, -0.15) is 0 Å². The molecule has 0 spiro atoms. The zero-order valence-corrected chi connectivity index (χ0v) is 12.2. The third kappa shape index (κ3) is 3.26. The standard InChI is InChI=1S/C15H19NO5/c1-20-12-4-3-11(9-13(12)21-2)14(17)16-7-5-10(6-8-16)15(18)19/h3-4,9-10H,5-8H2,1-2H3,(H,18,19). The first-order chi connectivity index (χ1) is 10.1. The second-order valence-electron chi connectivity index (χ2n) is 4.97. The number of piperidine rings is 1. The SMILES string of the molecule is COc1ccc(C(=O)N2CCC(C(=O)O)CC2)cc1OC. The second-order valence-corrected chi connectivity index (χ2v) is 4.97. The molecule has 0 aromatic heterocycles. The first kappa shape index (κ1) is 15.2. The maximum Gasteiger partial charge on any atom is 0.306 e. The maximum atomic E-state index is 12.4. The molecule has 21 heavy (non-hydrogen) atoms. The Labute approximate surface area is 123 Å². The Morgan fingerprint density at radius 2 is 1.76 bits per heavy atom. The van der Waals surface area contributed by atoms with Gasteiger partial charge in [0.2, 0.25) is 0 Å². The number of carbonyl (C=O) groups excluding carboxylic acids is 1. The van der Waals surface area contributed by atoms with Crippen molar-refractivity contribution in [3.05, 3.63) is 23.8 Å². The zero-order chi connectivity index (χ0) is 15.4. The van der Waals surface area contributed by atoms with Crippen LogP contribution in [0.3, 0.4) is 0 Å². The molecular formula is C15H19NO5. The highest BCUT2D eigenvalue weighted by molar-refractivity contribution is 5.95. The average Bonchev–Trinajstić information content (AvgIpc) is 2.53. The van der Waals surface area contributed by atoms with Crippen LogP contribution in [0.4, 0.5) is 0 Å². The Morgan fingerprint density at radius 3 is 2.29 bits per heavy atom. The van der Waals surface area contributed by atoms with E-state index in [1.54, 1.807) is 23.1 Å². The lowest BCUT2D eigenvalue weighted by molar-refractivity contribution is -0.143. The number of methoxy groups -OCH3 is 2. The lowest BCUT2D eigenvalue weighted by Gasteiger charge is -2.30. The summed E-state index contributed by atoms with van der Waals surface area (Å²) in [6.45, 7) is 0.925. The van der Waals surface area contributed by atoms with Crippen LogP contribution in [0.2, 0.25) is 0 Å². The molecule has 1 aromatic rings. The minimum Gasteiger partial charge on any atom is -0.493 e. The molecule has 1 amide bonds. The summed E-state index contributed by atoms with van der Waals surface area (Å²) in [6.07, 6.45) is 0.989. The number of ether oxygens (including phenoxy) is 2. The zero-order valence-electron chi connectivity index (χ0n) is 12.2. The largest absolute Gasteiger partial charge is 0.493 e. The van der Waals surface area contributed by atoms with Gasteiger partial charge < -0.3 is 19.5 Å². The van der Waals surface area contributed by atoms with Crippen molar-refractivity contribution in [2.45, 2.75) is 12.8 Å². The molecule has 0 saturated carbocycles. The van der Waals surface area contributed by atoms with E-state index in [1.165, 1.54) is 14.2 Å². The molecule has 6 heteroatoms. The van der Waals surface area contributed by atoms with E-state index in [0.717, 1.165) is 0 Å². The van der Waals surface area contributed by atoms with Crippen molar-refractivity contribution in [1.82, 2.24) is 4.90 Å². The number of nitrogens with zero attached hydrogens (tertiary/aromatic N) is 1. The first-order valence-corrected chi connectivity index (χ1v) is 6.81. The van der Waals surface area contributed by atoms with Gasteiger partial charge in [0.1, 0.15) is 0 Å². The van der Waals surface area contributed by atoms with Crippen molar-refractivity contribution in [3.63, 3.8) is 0 Å². The van der Waals surface area contributed by atoms with E-state index in [4.69, 9.17) is 14.6 Å². The van der Waals surface area contributed by atoms with Gasteiger partial charge in [-0.05, 0) is 31.0 Å². The van der Waals surface area contributed by atoms with Crippen LogP contribution in [0.1, 0.15) is 23.2 Å². The average molecular weight is 293 g/mol. The van der Waals surface area contributed by atoms with Crippen LogP contribution in [0.5, 0.6) is 11.5 Å². The number of benzene rings is 1. The molecule has 0 unspecified atom stereocenters. The highest BCUT2D eigenvalue weighted by Crippen LogP contribution is 2.28. The van der Waals surface area contributed by atoms with Crippen LogP contribution in [0, 0.1) is 5.92 Å². The number of carboxylic acids is 1. The van der Waals surface area contributed by atoms with Crippen molar-refractivity contribution in [2.24, 2.45) is 5.92 Å². The van der Waals surface area contributed by atoms with E-state index < -0.39 is 5.97 Å². The summed E-state index contributed by atoms with van der Waals surface area (Å²) < 4.78 is 10.3. The number of rotatable bonds is 4. The van der Waals surface area contributed by atoms with Gasteiger partial charge >= 0.3 is 5.97 Å². The topological polar surface area (TPSA) is 76.1 Å². The van der Waals surface area contributed by atoms with Crippen molar-refractivity contribution in [1.29, 1.82) is 0 Å². The van der Waals surface area contributed by atoms with Crippen molar-refractivity contribution < 1.29 is 24.2 Å². The van der Waals surface area contributed by atoms with Gasteiger partial charge in [-0.3, -0.25) is 9.59 Å². The van der Waals surface area contributed by atoms with Crippen LogP contribution >= 0.6 is 0 Å². The predicted molar refractivity (Wildman–Crippen MR) is 75.8 cm³/mol. The van der Waals surface area contributed by atoms with Crippen molar-refractivity contribution >= 4 is 11.9 Å². The summed E-state index contributed by atoms with van der Waals surface area (Å²) in [7, 11) is 3.06. The molecule has 0 aliphatic carbocycles. The number of amides is 1. The van der Waals surface area contributed by atoms with Gasteiger partial charge in [0.25, 0.3) is 5.91 Å². The van der Waals surface area contributed by atoms with Gasteiger partial charge in [-0.15, -0.1) is 0 Å². The molecule has 6 nitrogen and oxygen atoms in total. The molecular weight excluding hydrogens is 274 g/mol. The number of hydrogen-bond donors (Lipinski definition) is 1. The van der Waals surface area contributed by atoms with Gasteiger partial charge in [-0.25, -0.2) is 0 Å².